The molecule has 0 atom stereocenters. The van der Waals surface area contributed by atoms with Crippen LogP contribution >= 0.6 is 0 Å². The second-order valence-corrected chi connectivity index (χ2v) is 10.7. The van der Waals surface area contributed by atoms with Crippen LogP contribution in [0.1, 0.15) is 49.7 Å². The van der Waals surface area contributed by atoms with Gasteiger partial charge in [0.25, 0.3) is 5.91 Å². The monoisotopic (exact) mass is 569 g/mol. The Bertz CT molecular complexity index is 1640. The molecule has 0 unspecified atom stereocenters. The largest absolute Gasteiger partial charge is 0.457 e. The van der Waals surface area contributed by atoms with Crippen molar-refractivity contribution in [3.63, 3.8) is 0 Å². The number of hydrogen-bond acceptors (Lipinski definition) is 5. The van der Waals surface area contributed by atoms with E-state index in [1.807, 2.05) is 30.3 Å². The number of carbonyl (C=O) groups is 3. The molecule has 9 nitrogen and oxygen atoms in total. The van der Waals surface area contributed by atoms with Gasteiger partial charge in [0.2, 0.25) is 11.8 Å². The third kappa shape index (κ3) is 7.52. The SMILES string of the molecule is CC(C)c1ccc(Oc2ccc(NC(=O)CN(CC(=O)NC(C)(C)C#N)C(=O)c3cc4cccc(F)c4[nH]3)cc2)cc1. The van der Waals surface area contributed by atoms with Gasteiger partial charge in [0.15, 0.2) is 0 Å². The van der Waals surface area contributed by atoms with Crippen molar-refractivity contribution in [2.75, 3.05) is 18.4 Å². The molecular weight excluding hydrogens is 537 g/mol. The predicted octanol–water partition coefficient (Wildman–Crippen LogP) is 5.72. The molecule has 0 radical (unpaired) electrons. The van der Waals surface area contributed by atoms with Crippen LogP contribution in [-0.4, -0.2) is 46.2 Å². The Labute approximate surface area is 243 Å². The number of nitrogens with zero attached hydrogens (tertiary/aromatic N) is 2. The summed E-state index contributed by atoms with van der Waals surface area (Å²) in [7, 11) is 0. The van der Waals surface area contributed by atoms with Gasteiger partial charge in [-0.1, -0.05) is 38.1 Å². The molecule has 0 aliphatic rings. The molecule has 1 aromatic heterocycles. The summed E-state index contributed by atoms with van der Waals surface area (Å²) in [6.45, 7) is 6.28. The van der Waals surface area contributed by atoms with E-state index in [9.17, 15) is 24.0 Å². The first-order valence-corrected chi connectivity index (χ1v) is 13.4. The molecule has 4 rings (SSSR count). The summed E-state index contributed by atoms with van der Waals surface area (Å²) in [5.41, 5.74) is 0.628. The normalized spacial score (nSPS) is 11.2. The zero-order chi connectivity index (χ0) is 30.4. The van der Waals surface area contributed by atoms with E-state index in [1.165, 1.54) is 37.6 Å². The number of anilines is 1. The van der Waals surface area contributed by atoms with Crippen LogP contribution in [0, 0.1) is 17.1 Å². The first-order chi connectivity index (χ1) is 19.9. The molecule has 3 amide bonds. The van der Waals surface area contributed by atoms with Crippen molar-refractivity contribution in [2.24, 2.45) is 0 Å². The molecule has 4 aromatic rings. The topological polar surface area (TPSA) is 127 Å². The highest BCUT2D eigenvalue weighted by atomic mass is 19.1. The van der Waals surface area contributed by atoms with Crippen LogP contribution in [0.3, 0.4) is 0 Å². The van der Waals surface area contributed by atoms with Crippen LogP contribution in [0.25, 0.3) is 10.9 Å². The predicted molar refractivity (Wildman–Crippen MR) is 158 cm³/mol. The molecule has 216 valence electrons. The molecule has 3 N–H and O–H groups in total. The number of aromatic nitrogens is 1. The lowest BCUT2D eigenvalue weighted by atomic mass is 10.0. The highest BCUT2D eigenvalue weighted by Crippen LogP contribution is 2.25. The van der Waals surface area contributed by atoms with Crippen LogP contribution in [-0.2, 0) is 9.59 Å². The van der Waals surface area contributed by atoms with Gasteiger partial charge in [-0.25, -0.2) is 4.39 Å². The van der Waals surface area contributed by atoms with Crippen molar-refractivity contribution < 1.29 is 23.5 Å². The third-order valence-corrected chi connectivity index (χ3v) is 6.44. The Morgan fingerprint density at radius 1 is 0.976 bits per heavy atom. The van der Waals surface area contributed by atoms with Crippen molar-refractivity contribution in [3.05, 3.63) is 89.9 Å². The van der Waals surface area contributed by atoms with E-state index in [0.717, 1.165) is 4.90 Å². The summed E-state index contributed by atoms with van der Waals surface area (Å²) in [6, 6.07) is 22.3. The summed E-state index contributed by atoms with van der Waals surface area (Å²) < 4.78 is 20.1. The summed E-state index contributed by atoms with van der Waals surface area (Å²) in [5.74, 6) is -0.742. The second-order valence-electron chi connectivity index (χ2n) is 10.7. The number of benzene rings is 3. The lowest BCUT2D eigenvalue weighted by Crippen LogP contribution is -2.49. The molecule has 42 heavy (non-hydrogen) atoms. The number of ether oxygens (including phenoxy) is 1. The molecule has 10 heteroatoms. The minimum Gasteiger partial charge on any atom is -0.457 e. The van der Waals surface area contributed by atoms with E-state index in [0.29, 0.717) is 28.5 Å². The number of aromatic amines is 1. The van der Waals surface area contributed by atoms with Crippen LogP contribution in [0.2, 0.25) is 0 Å². The van der Waals surface area contributed by atoms with Crippen LogP contribution in [0.15, 0.2) is 72.8 Å². The fourth-order valence-corrected chi connectivity index (χ4v) is 4.23. The fourth-order valence-electron chi connectivity index (χ4n) is 4.23. The first kappa shape index (κ1) is 29.8. The Morgan fingerprint density at radius 3 is 2.19 bits per heavy atom. The standard InChI is InChI=1S/C32H32FN5O4/c1-20(2)21-8-12-24(13-9-21)42-25-14-10-23(11-15-25)35-28(39)17-38(18-29(40)37-32(3,4)19-34)31(41)27-16-22-6-5-7-26(33)30(22)36-27/h5-16,20,36H,17-18H2,1-4H3,(H,35,39)(H,37,40). The summed E-state index contributed by atoms with van der Waals surface area (Å²) in [6.07, 6.45) is 0. The molecule has 0 saturated carbocycles. The number of carbonyl (C=O) groups excluding carboxylic acids is 3. The number of amides is 3. The summed E-state index contributed by atoms with van der Waals surface area (Å²) in [5, 5.41) is 15.0. The van der Waals surface area contributed by atoms with Gasteiger partial charge in [-0.05, 0) is 73.9 Å². The van der Waals surface area contributed by atoms with Crippen molar-refractivity contribution in [1.82, 2.24) is 15.2 Å². The van der Waals surface area contributed by atoms with E-state index in [4.69, 9.17) is 4.74 Å². The van der Waals surface area contributed by atoms with Crippen LogP contribution in [0.5, 0.6) is 11.5 Å². The van der Waals surface area contributed by atoms with Gasteiger partial charge in [0, 0.05) is 11.1 Å². The lowest BCUT2D eigenvalue weighted by Gasteiger charge is -2.24. The third-order valence-electron chi connectivity index (χ3n) is 6.44. The summed E-state index contributed by atoms with van der Waals surface area (Å²) >= 11 is 0. The van der Waals surface area contributed by atoms with Gasteiger partial charge in [-0.2, -0.15) is 5.26 Å². The molecular formula is C32H32FN5O4. The van der Waals surface area contributed by atoms with Crippen LogP contribution < -0.4 is 15.4 Å². The Balaban J connectivity index is 1.46. The number of halogens is 1. The number of hydrogen-bond donors (Lipinski definition) is 3. The number of para-hydroxylation sites is 1. The van der Waals surface area contributed by atoms with Gasteiger partial charge in [-0.3, -0.25) is 14.4 Å². The van der Waals surface area contributed by atoms with E-state index in [1.54, 1.807) is 30.3 Å². The van der Waals surface area contributed by atoms with Gasteiger partial charge in [0.1, 0.15) is 41.6 Å². The van der Waals surface area contributed by atoms with Gasteiger partial charge in [0.05, 0.1) is 11.6 Å². The van der Waals surface area contributed by atoms with Gasteiger partial charge < -0.3 is 25.3 Å². The highest BCUT2D eigenvalue weighted by molar-refractivity contribution is 6.02. The zero-order valence-corrected chi connectivity index (χ0v) is 23.8. The zero-order valence-electron chi connectivity index (χ0n) is 23.8. The molecule has 0 fully saturated rings. The number of rotatable bonds is 10. The van der Waals surface area contributed by atoms with E-state index < -0.39 is 42.2 Å². The van der Waals surface area contributed by atoms with Crippen molar-refractivity contribution in [2.45, 2.75) is 39.2 Å². The Morgan fingerprint density at radius 2 is 1.60 bits per heavy atom. The molecule has 0 bridgehead atoms. The maximum absolute atomic E-state index is 14.2. The minimum absolute atomic E-state index is 0.0122. The van der Waals surface area contributed by atoms with Crippen LogP contribution in [0.4, 0.5) is 10.1 Å². The Hall–Kier alpha value is -5.17. The highest BCUT2D eigenvalue weighted by Gasteiger charge is 2.26. The molecule has 1 heterocycles. The minimum atomic E-state index is -1.18. The molecule has 0 aliphatic carbocycles. The molecule has 3 aromatic carbocycles. The Kier molecular flexibility index (Phi) is 8.91. The number of nitrogens with one attached hydrogen (secondary N) is 3. The average Bonchev–Trinajstić information content (AvgIpc) is 3.39. The number of fused-ring (bicyclic) bond motifs is 1. The maximum Gasteiger partial charge on any atom is 0.271 e. The van der Waals surface area contributed by atoms with Crippen molar-refractivity contribution in [3.8, 4) is 17.6 Å². The molecule has 0 spiro atoms. The van der Waals surface area contributed by atoms with E-state index in [2.05, 4.69) is 29.5 Å². The van der Waals surface area contributed by atoms with E-state index >= 15 is 0 Å². The number of H-pyrrole nitrogens is 1. The second kappa shape index (κ2) is 12.6. The fraction of sp³-hybridized carbons (Fsp3) is 0.250. The quantitative estimate of drug-likeness (QED) is 0.225. The van der Waals surface area contributed by atoms with Crippen molar-refractivity contribution in [1.29, 1.82) is 5.26 Å². The smallest absolute Gasteiger partial charge is 0.271 e. The molecule has 0 aliphatic heterocycles. The van der Waals surface area contributed by atoms with Gasteiger partial charge >= 0.3 is 0 Å². The average molecular weight is 570 g/mol. The number of nitriles is 1. The maximum atomic E-state index is 14.2. The summed E-state index contributed by atoms with van der Waals surface area (Å²) in [4.78, 5) is 42.8. The lowest BCUT2D eigenvalue weighted by molar-refractivity contribution is -0.123. The molecule has 0 saturated heterocycles. The van der Waals surface area contributed by atoms with E-state index in [-0.39, 0.29) is 11.2 Å². The first-order valence-electron chi connectivity index (χ1n) is 13.4. The van der Waals surface area contributed by atoms with Crippen molar-refractivity contribution >= 4 is 34.3 Å². The van der Waals surface area contributed by atoms with Gasteiger partial charge in [-0.15, -0.1) is 0 Å².